The minimum Gasteiger partial charge on any atom is -0.385 e. The third-order valence-corrected chi connectivity index (χ3v) is 3.69. The van der Waals surface area contributed by atoms with E-state index in [-0.39, 0.29) is 0 Å². The quantitative estimate of drug-likeness (QED) is 0.816. The second-order valence-electron chi connectivity index (χ2n) is 5.47. The van der Waals surface area contributed by atoms with Crippen molar-refractivity contribution in [1.82, 2.24) is 4.90 Å². The van der Waals surface area contributed by atoms with Crippen LogP contribution in [0.1, 0.15) is 31.2 Å². The molecule has 1 atom stereocenters. The highest BCUT2D eigenvalue weighted by Crippen LogP contribution is 2.48. The van der Waals surface area contributed by atoms with Crippen LogP contribution in [0.15, 0.2) is 30.3 Å². The molecule has 0 aliphatic heterocycles. The van der Waals surface area contributed by atoms with Gasteiger partial charge < -0.3 is 10.0 Å². The van der Waals surface area contributed by atoms with Crippen LogP contribution in [-0.4, -0.2) is 30.6 Å². The first-order valence-corrected chi connectivity index (χ1v) is 6.55. The molecule has 0 radical (unpaired) electrons. The molecule has 0 amide bonds. The van der Waals surface area contributed by atoms with Crippen LogP contribution in [0.3, 0.4) is 0 Å². The van der Waals surface area contributed by atoms with Crippen molar-refractivity contribution in [3.8, 4) is 0 Å². The first-order chi connectivity index (χ1) is 8.13. The summed E-state index contributed by atoms with van der Waals surface area (Å²) in [7, 11) is 4.16. The molecule has 2 heteroatoms. The van der Waals surface area contributed by atoms with Crippen LogP contribution < -0.4 is 0 Å². The maximum Gasteiger partial charge on any atom is 0.0925 e. The number of hydrogen-bond donors (Lipinski definition) is 1. The smallest absolute Gasteiger partial charge is 0.0925 e. The summed E-state index contributed by atoms with van der Waals surface area (Å²) in [4.78, 5) is 2.18. The fourth-order valence-electron chi connectivity index (χ4n) is 2.54. The zero-order valence-corrected chi connectivity index (χ0v) is 10.9. The second-order valence-corrected chi connectivity index (χ2v) is 5.47. The van der Waals surface area contributed by atoms with E-state index in [2.05, 4.69) is 31.1 Å². The summed E-state index contributed by atoms with van der Waals surface area (Å²) in [5.74, 6) is 0.479. The van der Waals surface area contributed by atoms with Crippen molar-refractivity contribution in [2.24, 2.45) is 5.92 Å². The highest BCUT2D eigenvalue weighted by atomic mass is 16.3. The summed E-state index contributed by atoms with van der Waals surface area (Å²) in [6, 6.07) is 10.2. The summed E-state index contributed by atoms with van der Waals surface area (Å²) in [6.45, 7) is 1.04. The van der Waals surface area contributed by atoms with Crippen molar-refractivity contribution in [1.29, 1.82) is 0 Å². The normalized spacial score (nSPS) is 19.3. The molecule has 1 aliphatic rings. The van der Waals surface area contributed by atoms with Crippen LogP contribution >= 0.6 is 0 Å². The Labute approximate surface area is 104 Å². The van der Waals surface area contributed by atoms with Gasteiger partial charge in [0, 0.05) is 0 Å². The van der Waals surface area contributed by atoms with Gasteiger partial charge in [0.05, 0.1) is 5.60 Å². The Morgan fingerprint density at radius 2 is 1.88 bits per heavy atom. The number of aliphatic hydroxyl groups is 1. The van der Waals surface area contributed by atoms with E-state index in [1.54, 1.807) is 0 Å². The molecule has 1 saturated carbocycles. The molecule has 1 aliphatic carbocycles. The maximum atomic E-state index is 10.9. The first kappa shape index (κ1) is 12.6. The highest BCUT2D eigenvalue weighted by Gasteiger charge is 2.44. The minimum absolute atomic E-state index is 0.479. The molecular weight excluding hydrogens is 210 g/mol. The van der Waals surface area contributed by atoms with E-state index in [0.717, 1.165) is 24.9 Å². The standard InChI is InChI=1S/C15H23NO/c1-16(2)12-6-11-15(17,14-9-10-14)13-7-4-3-5-8-13/h3-5,7-8,14,17H,6,9-12H2,1-2H3/t15-/m0/s1. The van der Waals surface area contributed by atoms with Crippen molar-refractivity contribution in [2.75, 3.05) is 20.6 Å². The lowest BCUT2D eigenvalue weighted by molar-refractivity contribution is 0.000817. The third-order valence-electron chi connectivity index (χ3n) is 3.69. The Hall–Kier alpha value is -0.860. The lowest BCUT2D eigenvalue weighted by atomic mass is 9.84. The third kappa shape index (κ3) is 3.08. The average molecular weight is 233 g/mol. The molecule has 0 bridgehead atoms. The molecule has 1 aromatic rings. The molecule has 2 nitrogen and oxygen atoms in total. The molecular formula is C15H23NO. The topological polar surface area (TPSA) is 23.5 Å². The predicted molar refractivity (Wildman–Crippen MR) is 70.9 cm³/mol. The maximum absolute atomic E-state index is 10.9. The Morgan fingerprint density at radius 1 is 1.24 bits per heavy atom. The van der Waals surface area contributed by atoms with Gasteiger partial charge in [-0.2, -0.15) is 0 Å². The Morgan fingerprint density at radius 3 is 2.41 bits per heavy atom. The number of hydrogen-bond acceptors (Lipinski definition) is 2. The van der Waals surface area contributed by atoms with Gasteiger partial charge in [-0.1, -0.05) is 30.3 Å². The number of benzene rings is 1. The first-order valence-electron chi connectivity index (χ1n) is 6.55. The van der Waals surface area contributed by atoms with Crippen LogP contribution in [0.2, 0.25) is 0 Å². The van der Waals surface area contributed by atoms with Crippen molar-refractivity contribution in [3.63, 3.8) is 0 Å². The van der Waals surface area contributed by atoms with Gasteiger partial charge >= 0.3 is 0 Å². The largest absolute Gasteiger partial charge is 0.385 e. The number of nitrogens with zero attached hydrogens (tertiary/aromatic N) is 1. The fourth-order valence-corrected chi connectivity index (χ4v) is 2.54. The molecule has 0 unspecified atom stereocenters. The fraction of sp³-hybridized carbons (Fsp3) is 0.600. The van der Waals surface area contributed by atoms with Crippen LogP contribution in [0, 0.1) is 5.92 Å². The average Bonchev–Trinajstić information content (AvgIpc) is 3.13. The second kappa shape index (κ2) is 5.19. The summed E-state index contributed by atoms with van der Waals surface area (Å²) >= 11 is 0. The molecule has 0 saturated heterocycles. The summed E-state index contributed by atoms with van der Waals surface area (Å²) in [5.41, 5.74) is 0.512. The molecule has 1 N–H and O–H groups in total. The van der Waals surface area contributed by atoms with Gasteiger partial charge in [0.1, 0.15) is 0 Å². The van der Waals surface area contributed by atoms with Crippen LogP contribution in [0.4, 0.5) is 0 Å². The molecule has 0 heterocycles. The van der Waals surface area contributed by atoms with E-state index in [0.29, 0.717) is 5.92 Å². The molecule has 1 aromatic carbocycles. The van der Waals surface area contributed by atoms with Crippen LogP contribution in [-0.2, 0) is 5.60 Å². The van der Waals surface area contributed by atoms with E-state index in [1.807, 2.05) is 18.2 Å². The van der Waals surface area contributed by atoms with Gasteiger partial charge in [0.15, 0.2) is 0 Å². The summed E-state index contributed by atoms with van der Waals surface area (Å²) in [5, 5.41) is 10.9. The molecule has 1 fully saturated rings. The van der Waals surface area contributed by atoms with Gasteiger partial charge in [0.25, 0.3) is 0 Å². The predicted octanol–water partition coefficient (Wildman–Crippen LogP) is 2.63. The van der Waals surface area contributed by atoms with E-state index in [1.165, 1.54) is 12.8 Å². The Kier molecular flexibility index (Phi) is 3.85. The zero-order valence-electron chi connectivity index (χ0n) is 10.9. The molecule has 17 heavy (non-hydrogen) atoms. The monoisotopic (exact) mass is 233 g/mol. The van der Waals surface area contributed by atoms with Gasteiger partial charge in [-0.15, -0.1) is 0 Å². The zero-order chi connectivity index (χ0) is 12.3. The number of rotatable bonds is 6. The van der Waals surface area contributed by atoms with Crippen LogP contribution in [0.25, 0.3) is 0 Å². The SMILES string of the molecule is CN(C)CCC[C@](O)(c1ccccc1)C1CC1. The molecule has 0 spiro atoms. The van der Waals surface area contributed by atoms with Crippen molar-refractivity contribution in [3.05, 3.63) is 35.9 Å². The van der Waals surface area contributed by atoms with E-state index in [4.69, 9.17) is 0 Å². The molecule has 2 rings (SSSR count). The molecule has 94 valence electrons. The van der Waals surface area contributed by atoms with Gasteiger partial charge in [-0.25, -0.2) is 0 Å². The lowest BCUT2D eigenvalue weighted by Crippen LogP contribution is -2.29. The molecule has 0 aromatic heterocycles. The van der Waals surface area contributed by atoms with E-state index < -0.39 is 5.60 Å². The summed E-state index contributed by atoms with van der Waals surface area (Å²) < 4.78 is 0. The lowest BCUT2D eigenvalue weighted by Gasteiger charge is -2.29. The Balaban J connectivity index is 2.05. The van der Waals surface area contributed by atoms with Crippen LogP contribution in [0.5, 0.6) is 0 Å². The van der Waals surface area contributed by atoms with Crippen molar-refractivity contribution in [2.45, 2.75) is 31.3 Å². The summed E-state index contributed by atoms with van der Waals surface area (Å²) in [6.07, 6.45) is 4.27. The van der Waals surface area contributed by atoms with E-state index >= 15 is 0 Å². The van der Waals surface area contributed by atoms with Gasteiger partial charge in [-0.05, 0) is 57.8 Å². The van der Waals surface area contributed by atoms with Gasteiger partial charge in [0.2, 0.25) is 0 Å². The highest BCUT2D eigenvalue weighted by molar-refractivity contribution is 5.24. The van der Waals surface area contributed by atoms with E-state index in [9.17, 15) is 5.11 Å². The minimum atomic E-state index is -0.586. The van der Waals surface area contributed by atoms with Crippen molar-refractivity contribution >= 4 is 0 Å². The van der Waals surface area contributed by atoms with Crippen molar-refractivity contribution < 1.29 is 5.11 Å². The Bertz CT molecular complexity index is 345. The van der Waals surface area contributed by atoms with Gasteiger partial charge in [-0.3, -0.25) is 0 Å².